The minimum atomic E-state index is -0.511. The van der Waals surface area contributed by atoms with Crippen LogP contribution in [0.1, 0.15) is 35.8 Å². The fourth-order valence-electron chi connectivity index (χ4n) is 1.38. The van der Waals surface area contributed by atoms with Crippen LogP contribution in [0.5, 0.6) is 0 Å². The zero-order chi connectivity index (χ0) is 10.7. The van der Waals surface area contributed by atoms with Gasteiger partial charge in [-0.1, -0.05) is 13.3 Å². The molecule has 0 unspecified atom stereocenters. The van der Waals surface area contributed by atoms with E-state index in [0.717, 1.165) is 19.4 Å². The molecule has 0 aliphatic heterocycles. The first-order chi connectivity index (χ1) is 6.57. The number of carbonyl (C=O) groups excluding carboxylic acids is 1. The van der Waals surface area contributed by atoms with Gasteiger partial charge in [0.1, 0.15) is 11.4 Å². The van der Waals surface area contributed by atoms with Crippen molar-refractivity contribution >= 4 is 11.7 Å². The van der Waals surface area contributed by atoms with Gasteiger partial charge in [0.2, 0.25) is 0 Å². The summed E-state index contributed by atoms with van der Waals surface area (Å²) in [6, 6.07) is 0. The molecular formula is C9H16N4O. The van der Waals surface area contributed by atoms with E-state index in [9.17, 15) is 4.79 Å². The van der Waals surface area contributed by atoms with Crippen LogP contribution in [-0.4, -0.2) is 15.7 Å². The molecule has 0 saturated carbocycles. The van der Waals surface area contributed by atoms with Gasteiger partial charge in [-0.2, -0.15) is 5.10 Å². The fourth-order valence-corrected chi connectivity index (χ4v) is 1.38. The summed E-state index contributed by atoms with van der Waals surface area (Å²) in [4.78, 5) is 11.0. The van der Waals surface area contributed by atoms with Crippen LogP contribution in [-0.2, 0) is 6.54 Å². The van der Waals surface area contributed by atoms with Gasteiger partial charge in [0.05, 0.1) is 5.69 Å². The molecule has 0 atom stereocenters. The molecule has 14 heavy (non-hydrogen) atoms. The van der Waals surface area contributed by atoms with Crippen LogP contribution in [0.4, 0.5) is 5.82 Å². The third-order valence-corrected chi connectivity index (χ3v) is 2.14. The molecule has 1 aromatic heterocycles. The van der Waals surface area contributed by atoms with Crippen molar-refractivity contribution in [2.75, 3.05) is 5.73 Å². The molecule has 0 aliphatic rings. The molecule has 0 bridgehead atoms. The smallest absolute Gasteiger partial charge is 0.254 e. The lowest BCUT2D eigenvalue weighted by Crippen LogP contribution is -2.14. The van der Waals surface area contributed by atoms with Gasteiger partial charge in [-0.05, 0) is 13.3 Å². The lowest BCUT2D eigenvalue weighted by atomic mass is 10.2. The van der Waals surface area contributed by atoms with Crippen molar-refractivity contribution < 1.29 is 4.79 Å². The zero-order valence-corrected chi connectivity index (χ0v) is 8.58. The highest BCUT2D eigenvalue weighted by molar-refractivity contribution is 5.98. The summed E-state index contributed by atoms with van der Waals surface area (Å²) in [6.45, 7) is 4.55. The number of nitrogens with zero attached hydrogens (tertiary/aromatic N) is 2. The van der Waals surface area contributed by atoms with E-state index in [0.29, 0.717) is 17.1 Å². The van der Waals surface area contributed by atoms with Crippen molar-refractivity contribution in [2.24, 2.45) is 5.73 Å². The molecule has 0 spiro atoms. The number of primary amides is 1. The second kappa shape index (κ2) is 4.13. The van der Waals surface area contributed by atoms with E-state index in [-0.39, 0.29) is 0 Å². The number of hydrogen-bond acceptors (Lipinski definition) is 3. The summed E-state index contributed by atoms with van der Waals surface area (Å²) in [5.41, 5.74) is 11.9. The molecule has 5 nitrogen and oxygen atoms in total. The maximum absolute atomic E-state index is 11.0. The average Bonchev–Trinajstić information content (AvgIpc) is 2.38. The largest absolute Gasteiger partial charge is 0.383 e. The number of nitrogen functional groups attached to an aromatic ring is 1. The number of aromatic nitrogens is 2. The molecule has 0 fully saturated rings. The number of amides is 1. The average molecular weight is 196 g/mol. The molecule has 0 saturated heterocycles. The zero-order valence-electron chi connectivity index (χ0n) is 8.58. The molecule has 0 aromatic carbocycles. The van der Waals surface area contributed by atoms with E-state index in [2.05, 4.69) is 12.0 Å². The van der Waals surface area contributed by atoms with Gasteiger partial charge in [-0.25, -0.2) is 4.68 Å². The van der Waals surface area contributed by atoms with E-state index in [1.165, 1.54) is 0 Å². The monoisotopic (exact) mass is 196 g/mol. The first-order valence-electron chi connectivity index (χ1n) is 4.70. The minimum Gasteiger partial charge on any atom is -0.383 e. The van der Waals surface area contributed by atoms with Gasteiger partial charge >= 0.3 is 0 Å². The molecule has 78 valence electrons. The Labute approximate surface area is 83.1 Å². The van der Waals surface area contributed by atoms with Gasteiger partial charge in [0.25, 0.3) is 5.91 Å². The number of hydrogen-bond donors (Lipinski definition) is 2. The van der Waals surface area contributed by atoms with E-state index >= 15 is 0 Å². The molecule has 0 radical (unpaired) electrons. The summed E-state index contributed by atoms with van der Waals surface area (Å²) in [6.07, 6.45) is 2.05. The third kappa shape index (κ3) is 1.86. The number of aryl methyl sites for hydroxylation is 2. The van der Waals surface area contributed by atoms with Crippen molar-refractivity contribution in [3.63, 3.8) is 0 Å². The van der Waals surface area contributed by atoms with E-state index < -0.39 is 5.91 Å². The SMILES string of the molecule is CCCCn1nc(C)c(C(N)=O)c1N. The summed E-state index contributed by atoms with van der Waals surface area (Å²) >= 11 is 0. The Kier molecular flexibility index (Phi) is 3.11. The van der Waals surface area contributed by atoms with Crippen molar-refractivity contribution in [1.29, 1.82) is 0 Å². The second-order valence-electron chi connectivity index (χ2n) is 3.29. The minimum absolute atomic E-state index is 0.348. The Balaban J connectivity index is 2.98. The highest BCUT2D eigenvalue weighted by atomic mass is 16.1. The van der Waals surface area contributed by atoms with Gasteiger partial charge in [-0.3, -0.25) is 4.79 Å². The Hall–Kier alpha value is -1.52. The topological polar surface area (TPSA) is 86.9 Å². The number of nitrogens with two attached hydrogens (primary N) is 2. The second-order valence-corrected chi connectivity index (χ2v) is 3.29. The first kappa shape index (κ1) is 10.6. The lowest BCUT2D eigenvalue weighted by molar-refractivity contribution is 0.100. The van der Waals surface area contributed by atoms with Crippen LogP contribution in [0.2, 0.25) is 0 Å². The van der Waals surface area contributed by atoms with Gasteiger partial charge < -0.3 is 11.5 Å². The van der Waals surface area contributed by atoms with Gasteiger partial charge in [0.15, 0.2) is 0 Å². The van der Waals surface area contributed by atoms with Crippen LogP contribution in [0.3, 0.4) is 0 Å². The van der Waals surface area contributed by atoms with Crippen molar-refractivity contribution in [1.82, 2.24) is 9.78 Å². The summed E-state index contributed by atoms with van der Waals surface area (Å²) < 4.78 is 1.64. The number of rotatable bonds is 4. The summed E-state index contributed by atoms with van der Waals surface area (Å²) in [5, 5.41) is 4.16. The maximum Gasteiger partial charge on any atom is 0.254 e. The Morgan fingerprint density at radius 1 is 1.57 bits per heavy atom. The van der Waals surface area contributed by atoms with E-state index in [1.54, 1.807) is 11.6 Å². The molecule has 1 rings (SSSR count). The van der Waals surface area contributed by atoms with Gasteiger partial charge in [-0.15, -0.1) is 0 Å². The van der Waals surface area contributed by atoms with Crippen molar-refractivity contribution in [2.45, 2.75) is 33.2 Å². The molecular weight excluding hydrogens is 180 g/mol. The van der Waals surface area contributed by atoms with Crippen LogP contribution in [0.25, 0.3) is 0 Å². The molecule has 4 N–H and O–H groups in total. The van der Waals surface area contributed by atoms with Crippen LogP contribution >= 0.6 is 0 Å². The van der Waals surface area contributed by atoms with Crippen LogP contribution < -0.4 is 11.5 Å². The summed E-state index contributed by atoms with van der Waals surface area (Å²) in [7, 11) is 0. The molecule has 5 heteroatoms. The third-order valence-electron chi connectivity index (χ3n) is 2.14. The maximum atomic E-state index is 11.0. The standard InChI is InChI=1S/C9H16N4O/c1-3-4-5-13-8(10)7(9(11)14)6(2)12-13/h3-5,10H2,1-2H3,(H2,11,14). The first-order valence-corrected chi connectivity index (χ1v) is 4.70. The Morgan fingerprint density at radius 3 is 2.64 bits per heavy atom. The van der Waals surface area contributed by atoms with Crippen LogP contribution in [0, 0.1) is 6.92 Å². The molecule has 0 aliphatic carbocycles. The fraction of sp³-hybridized carbons (Fsp3) is 0.556. The predicted molar refractivity (Wildman–Crippen MR) is 54.8 cm³/mol. The van der Waals surface area contributed by atoms with Crippen LogP contribution in [0.15, 0.2) is 0 Å². The highest BCUT2D eigenvalue weighted by Gasteiger charge is 2.16. The van der Waals surface area contributed by atoms with Crippen molar-refractivity contribution in [3.05, 3.63) is 11.3 Å². The molecule has 1 heterocycles. The highest BCUT2D eigenvalue weighted by Crippen LogP contribution is 2.15. The molecule has 1 aromatic rings. The lowest BCUT2D eigenvalue weighted by Gasteiger charge is -2.02. The quantitative estimate of drug-likeness (QED) is 0.742. The van der Waals surface area contributed by atoms with Crippen molar-refractivity contribution in [3.8, 4) is 0 Å². The van der Waals surface area contributed by atoms with E-state index in [1.807, 2.05) is 0 Å². The number of anilines is 1. The molecule has 1 amide bonds. The number of carbonyl (C=O) groups is 1. The normalized spacial score (nSPS) is 10.4. The Morgan fingerprint density at radius 2 is 2.21 bits per heavy atom. The number of unbranched alkanes of at least 4 members (excludes halogenated alkanes) is 1. The Bertz CT molecular complexity index is 343. The predicted octanol–water partition coefficient (Wildman–Crippen LogP) is 0.673. The summed E-state index contributed by atoms with van der Waals surface area (Å²) in [5.74, 6) is -0.133. The van der Waals surface area contributed by atoms with Gasteiger partial charge in [0, 0.05) is 6.54 Å². The van der Waals surface area contributed by atoms with E-state index in [4.69, 9.17) is 11.5 Å².